The van der Waals surface area contributed by atoms with Crippen molar-refractivity contribution < 1.29 is 48.2 Å². The fraction of sp³-hybridized carbons (Fsp3) is 0.868. The van der Waals surface area contributed by atoms with Crippen molar-refractivity contribution in [3.05, 3.63) is 24.3 Å². The van der Waals surface area contributed by atoms with Crippen LogP contribution in [0.2, 0.25) is 0 Å². The average molecular weight is 688 g/mol. The highest BCUT2D eigenvalue weighted by Gasteiger charge is 2.59. The van der Waals surface area contributed by atoms with Crippen LogP contribution in [-0.4, -0.2) is 114 Å². The molecule has 8 saturated heterocycles. The molecule has 8 rings (SSSR count). The number of ether oxygens (including phenoxy) is 7. The third-order valence-corrected chi connectivity index (χ3v) is 12.8. The maximum Gasteiger partial charge on any atom is 0.172 e. The van der Waals surface area contributed by atoms with E-state index in [1.165, 1.54) is 0 Å². The Morgan fingerprint density at radius 2 is 1.57 bits per heavy atom. The number of ketones is 1. The van der Waals surface area contributed by atoms with Crippen LogP contribution in [0.5, 0.6) is 0 Å². The minimum absolute atomic E-state index is 0.0167. The van der Waals surface area contributed by atoms with Crippen molar-refractivity contribution in [1.29, 1.82) is 0 Å². The number of carbonyl (C=O) groups excluding carboxylic acids is 1. The van der Waals surface area contributed by atoms with Gasteiger partial charge in [-0.25, -0.2) is 0 Å². The number of carbonyl (C=O) groups is 1. The fourth-order valence-corrected chi connectivity index (χ4v) is 10.2. The quantitative estimate of drug-likeness (QED) is 0.374. The maximum absolute atomic E-state index is 13.7. The molecule has 8 fully saturated rings. The third-order valence-electron chi connectivity index (χ3n) is 12.8. The molecule has 11 heteroatoms. The summed E-state index contributed by atoms with van der Waals surface area (Å²) in [5, 5.41) is 21.4. The van der Waals surface area contributed by atoms with Gasteiger partial charge in [0.25, 0.3) is 0 Å². The van der Waals surface area contributed by atoms with E-state index >= 15 is 0 Å². The molecule has 8 aliphatic heterocycles. The molecule has 16 atom stereocenters. The van der Waals surface area contributed by atoms with Gasteiger partial charge in [-0.05, 0) is 74.9 Å². The lowest BCUT2D eigenvalue weighted by Gasteiger charge is -2.47. The van der Waals surface area contributed by atoms with Crippen LogP contribution in [0.15, 0.2) is 24.3 Å². The van der Waals surface area contributed by atoms with Crippen LogP contribution >= 0.6 is 0 Å². The smallest absolute Gasteiger partial charge is 0.172 e. The number of rotatable bonds is 3. The second-order valence-electron chi connectivity index (χ2n) is 16.4. The molecule has 10 bridgehead atoms. The minimum atomic E-state index is -0.924. The van der Waals surface area contributed by atoms with Gasteiger partial charge in [0.1, 0.15) is 18.0 Å². The molecular weight excluding hydrogens is 630 g/mol. The monoisotopic (exact) mass is 687 g/mol. The van der Waals surface area contributed by atoms with Crippen LogP contribution in [0.25, 0.3) is 0 Å². The molecule has 4 N–H and O–H groups in total. The predicted octanol–water partition coefficient (Wildman–Crippen LogP) is 3.55. The summed E-state index contributed by atoms with van der Waals surface area (Å²) in [6, 6.07) is 0. The number of nitrogens with two attached hydrogens (primary N) is 1. The van der Waals surface area contributed by atoms with E-state index in [0.717, 1.165) is 62.5 Å². The molecule has 0 aromatic heterocycles. The summed E-state index contributed by atoms with van der Waals surface area (Å²) < 4.78 is 46.5. The lowest BCUT2D eigenvalue weighted by molar-refractivity contribution is -0.277. The van der Waals surface area contributed by atoms with Gasteiger partial charge in [0.05, 0.1) is 73.2 Å². The molecule has 0 saturated carbocycles. The van der Waals surface area contributed by atoms with E-state index < -0.39 is 24.1 Å². The van der Waals surface area contributed by atoms with Gasteiger partial charge < -0.3 is 49.1 Å². The van der Waals surface area contributed by atoms with Crippen molar-refractivity contribution in [1.82, 2.24) is 0 Å². The van der Waals surface area contributed by atoms with E-state index in [2.05, 4.69) is 13.2 Å². The van der Waals surface area contributed by atoms with Gasteiger partial charge in [0.2, 0.25) is 0 Å². The second-order valence-corrected chi connectivity index (χ2v) is 16.4. The summed E-state index contributed by atoms with van der Waals surface area (Å²) in [6.07, 6.45) is 7.45. The van der Waals surface area contributed by atoms with Crippen LogP contribution in [0.3, 0.4) is 0 Å². The summed E-state index contributed by atoms with van der Waals surface area (Å²) in [4.78, 5) is 13.7. The Kier molecular flexibility index (Phi) is 10.2. The first kappa shape index (κ1) is 34.8. The zero-order valence-electron chi connectivity index (χ0n) is 28.8. The highest BCUT2D eigenvalue weighted by atomic mass is 16.7. The van der Waals surface area contributed by atoms with Crippen LogP contribution in [0.4, 0.5) is 0 Å². The van der Waals surface area contributed by atoms with Gasteiger partial charge in [-0.1, -0.05) is 13.2 Å². The van der Waals surface area contributed by atoms with Gasteiger partial charge in [0, 0.05) is 51.5 Å². The van der Waals surface area contributed by atoms with Gasteiger partial charge >= 0.3 is 0 Å². The summed E-state index contributed by atoms with van der Waals surface area (Å²) in [5.41, 5.74) is 7.95. The number of hydrogen-bond acceptors (Lipinski definition) is 11. The van der Waals surface area contributed by atoms with Gasteiger partial charge in [-0.2, -0.15) is 0 Å². The number of Topliss-reactive ketones (excluding diaryl/α,β-unsaturated/α-hetero) is 1. The van der Waals surface area contributed by atoms with Gasteiger partial charge in [-0.15, -0.1) is 0 Å². The first-order valence-corrected chi connectivity index (χ1v) is 19.2. The van der Waals surface area contributed by atoms with Gasteiger partial charge in [0.15, 0.2) is 5.79 Å². The van der Waals surface area contributed by atoms with E-state index in [-0.39, 0.29) is 85.4 Å². The molecule has 0 aromatic rings. The molecule has 49 heavy (non-hydrogen) atoms. The predicted molar refractivity (Wildman–Crippen MR) is 177 cm³/mol. The molecular formula is C38H57NO10. The minimum Gasteiger partial charge on any atom is -0.392 e. The van der Waals surface area contributed by atoms with Crippen molar-refractivity contribution in [2.45, 2.75) is 194 Å². The van der Waals surface area contributed by atoms with Crippen LogP contribution in [-0.2, 0) is 38.0 Å². The Balaban J connectivity index is 1.03. The molecule has 11 nitrogen and oxygen atoms in total. The Labute approximate surface area is 290 Å². The molecule has 0 aliphatic carbocycles. The largest absolute Gasteiger partial charge is 0.392 e. The molecule has 7 unspecified atom stereocenters. The van der Waals surface area contributed by atoms with E-state index in [1.54, 1.807) is 0 Å². The molecule has 0 radical (unpaired) electrons. The van der Waals surface area contributed by atoms with Crippen LogP contribution in [0, 0.1) is 5.92 Å². The first-order valence-electron chi connectivity index (χ1n) is 19.2. The van der Waals surface area contributed by atoms with Crippen molar-refractivity contribution >= 4 is 5.78 Å². The Morgan fingerprint density at radius 3 is 2.43 bits per heavy atom. The van der Waals surface area contributed by atoms with Crippen molar-refractivity contribution in [3.8, 4) is 0 Å². The molecule has 8 heterocycles. The lowest BCUT2D eigenvalue weighted by atomic mass is 9.84. The first-order chi connectivity index (χ1) is 23.6. The SMILES string of the molecule is C=C1CC2CC[C@]34C[C@@H](O)C(O3)C3C[C@@H](O4)C4O[C@H](CC[C@@H]4O3)CC(=O)C[C@@H]3C[C@@H](CC(O)CN)O[C@H]3C[C@H]3OC(CCC3=C)CCC1O2. The van der Waals surface area contributed by atoms with Gasteiger partial charge in [-0.3, -0.25) is 4.79 Å². The van der Waals surface area contributed by atoms with Crippen LogP contribution in [0.1, 0.15) is 103 Å². The molecule has 8 aliphatic rings. The zero-order chi connectivity index (χ0) is 33.9. The normalized spacial score (nSPS) is 49.7. The Morgan fingerprint density at radius 1 is 0.755 bits per heavy atom. The average Bonchev–Trinajstić information content (AvgIpc) is 3.70. The summed E-state index contributed by atoms with van der Waals surface area (Å²) in [6.45, 7) is 8.94. The topological polar surface area (TPSA) is 148 Å². The molecule has 0 amide bonds. The molecule has 274 valence electrons. The maximum atomic E-state index is 13.7. The van der Waals surface area contributed by atoms with Crippen molar-refractivity contribution in [2.24, 2.45) is 11.7 Å². The second kappa shape index (κ2) is 14.3. The van der Waals surface area contributed by atoms with E-state index in [9.17, 15) is 15.0 Å². The summed E-state index contributed by atoms with van der Waals surface area (Å²) in [5.74, 6) is -0.741. The lowest BCUT2D eigenvalue weighted by Crippen LogP contribution is -2.58. The van der Waals surface area contributed by atoms with Crippen molar-refractivity contribution in [3.63, 3.8) is 0 Å². The van der Waals surface area contributed by atoms with E-state index in [1.807, 2.05) is 0 Å². The standard InChI is InChI=1S/C38H57NO10/c1-20-3-4-25-5-7-30-21(2)11-27(44-30)9-10-38-18-29(42)36(49-38)34-17-35(48-38)37-31(47-34)8-6-26(46-37)14-23(40)12-22-13-28(15-24(41)19-39)45-33(22)16-32(20)43-25/h22,24-37,41-42H,1-19,39H2/t22-,24?,25?,26-,27?,28+,29-,30?,31+,32-,33+,34?,35-,36?,37?,38-/m1/s1. The number of aliphatic hydroxyl groups excluding tert-OH is 2. The highest BCUT2D eigenvalue weighted by molar-refractivity contribution is 5.79. The molecule has 0 aromatic carbocycles. The Bertz CT molecular complexity index is 1250. The summed E-state index contributed by atoms with van der Waals surface area (Å²) in [7, 11) is 0. The van der Waals surface area contributed by atoms with E-state index in [4.69, 9.17) is 38.9 Å². The Hall–Kier alpha value is -1.25. The number of aliphatic hydroxyl groups is 2. The zero-order valence-corrected chi connectivity index (χ0v) is 28.8. The van der Waals surface area contributed by atoms with E-state index in [0.29, 0.717) is 51.4 Å². The molecule has 1 spiro atoms. The number of hydrogen-bond donors (Lipinski definition) is 3. The van der Waals surface area contributed by atoms with Crippen molar-refractivity contribution in [2.75, 3.05) is 6.54 Å². The number of fused-ring (bicyclic) bond motifs is 9. The third kappa shape index (κ3) is 7.36. The fourth-order valence-electron chi connectivity index (χ4n) is 10.2. The van der Waals surface area contributed by atoms with Crippen LogP contribution < -0.4 is 5.73 Å². The highest BCUT2D eigenvalue weighted by Crippen LogP contribution is 2.49. The summed E-state index contributed by atoms with van der Waals surface area (Å²) >= 11 is 0.